The standard InChI is InChI=1S/C16H24N2O/c1-12(2)18-11-16(3,19)9-7-13-5-4-6-15-14(13)8-10-17-15/h4-6,8,10,12,17-19H,7,9,11H2,1-3H3/t16-/m1/s1. The summed E-state index contributed by atoms with van der Waals surface area (Å²) >= 11 is 0. The van der Waals surface area contributed by atoms with Gasteiger partial charge >= 0.3 is 0 Å². The lowest BCUT2D eigenvalue weighted by molar-refractivity contribution is 0.0493. The van der Waals surface area contributed by atoms with Gasteiger partial charge in [-0.1, -0.05) is 26.0 Å². The quantitative estimate of drug-likeness (QED) is 0.748. The van der Waals surface area contributed by atoms with Crippen molar-refractivity contribution in [2.45, 2.75) is 45.3 Å². The van der Waals surface area contributed by atoms with Gasteiger partial charge in [-0.3, -0.25) is 0 Å². The summed E-state index contributed by atoms with van der Waals surface area (Å²) in [6.07, 6.45) is 3.62. The highest BCUT2D eigenvalue weighted by Crippen LogP contribution is 2.21. The molecular formula is C16H24N2O. The summed E-state index contributed by atoms with van der Waals surface area (Å²) in [6, 6.07) is 8.79. The van der Waals surface area contributed by atoms with E-state index in [1.54, 1.807) is 0 Å². The molecule has 0 spiro atoms. The lowest BCUT2D eigenvalue weighted by Crippen LogP contribution is -2.41. The van der Waals surface area contributed by atoms with Gasteiger partial charge in [0, 0.05) is 29.7 Å². The van der Waals surface area contributed by atoms with Gasteiger partial charge in [0.25, 0.3) is 0 Å². The number of aliphatic hydroxyl groups is 1. The van der Waals surface area contributed by atoms with Gasteiger partial charge < -0.3 is 15.4 Å². The van der Waals surface area contributed by atoms with Crippen LogP contribution >= 0.6 is 0 Å². The highest BCUT2D eigenvalue weighted by atomic mass is 16.3. The third-order valence-electron chi connectivity index (χ3n) is 3.51. The number of aryl methyl sites for hydroxylation is 1. The Hall–Kier alpha value is -1.32. The summed E-state index contributed by atoms with van der Waals surface area (Å²) in [6.45, 7) is 6.72. The molecule has 0 unspecified atom stereocenters. The van der Waals surface area contributed by atoms with Gasteiger partial charge in [0.05, 0.1) is 5.60 Å². The lowest BCUT2D eigenvalue weighted by atomic mass is 9.95. The second kappa shape index (κ2) is 5.76. The molecule has 104 valence electrons. The van der Waals surface area contributed by atoms with Crippen molar-refractivity contribution >= 4 is 10.9 Å². The van der Waals surface area contributed by atoms with Crippen molar-refractivity contribution in [3.8, 4) is 0 Å². The maximum absolute atomic E-state index is 10.4. The van der Waals surface area contributed by atoms with Gasteiger partial charge in [-0.05, 0) is 37.5 Å². The molecule has 1 atom stereocenters. The molecule has 0 aliphatic carbocycles. The second-order valence-electron chi connectivity index (χ2n) is 5.89. The topological polar surface area (TPSA) is 48.0 Å². The maximum Gasteiger partial charge on any atom is 0.0746 e. The Kier molecular flexibility index (Phi) is 4.27. The van der Waals surface area contributed by atoms with Crippen LogP contribution in [0.2, 0.25) is 0 Å². The number of rotatable bonds is 6. The number of hydrogen-bond acceptors (Lipinski definition) is 2. The maximum atomic E-state index is 10.4. The van der Waals surface area contributed by atoms with E-state index in [9.17, 15) is 5.11 Å². The van der Waals surface area contributed by atoms with Crippen molar-refractivity contribution in [3.63, 3.8) is 0 Å². The van der Waals surface area contributed by atoms with Crippen LogP contribution in [-0.4, -0.2) is 28.3 Å². The number of fused-ring (bicyclic) bond motifs is 1. The first-order valence-corrected chi connectivity index (χ1v) is 6.99. The monoisotopic (exact) mass is 260 g/mol. The van der Waals surface area contributed by atoms with Gasteiger partial charge in [-0.15, -0.1) is 0 Å². The van der Waals surface area contributed by atoms with Crippen LogP contribution in [-0.2, 0) is 6.42 Å². The fourth-order valence-electron chi connectivity index (χ4n) is 2.28. The average Bonchev–Trinajstić information content (AvgIpc) is 2.83. The number of H-pyrrole nitrogens is 1. The minimum Gasteiger partial charge on any atom is -0.389 e. The normalized spacial score (nSPS) is 15.0. The van der Waals surface area contributed by atoms with Crippen LogP contribution < -0.4 is 5.32 Å². The molecule has 0 amide bonds. The van der Waals surface area contributed by atoms with Crippen LogP contribution in [0.15, 0.2) is 30.5 Å². The molecule has 0 radical (unpaired) electrons. The summed E-state index contributed by atoms with van der Waals surface area (Å²) < 4.78 is 0. The molecule has 0 saturated heterocycles. The smallest absolute Gasteiger partial charge is 0.0746 e. The molecule has 0 aliphatic heterocycles. The molecule has 0 aliphatic rings. The highest BCUT2D eigenvalue weighted by molar-refractivity contribution is 5.82. The van der Waals surface area contributed by atoms with E-state index in [1.807, 2.05) is 13.1 Å². The van der Waals surface area contributed by atoms with Crippen molar-refractivity contribution in [1.82, 2.24) is 10.3 Å². The largest absolute Gasteiger partial charge is 0.389 e. The Labute approximate surface area is 115 Å². The van der Waals surface area contributed by atoms with E-state index >= 15 is 0 Å². The summed E-state index contributed by atoms with van der Waals surface area (Å²) in [5.41, 5.74) is 1.80. The third kappa shape index (κ3) is 3.82. The zero-order valence-electron chi connectivity index (χ0n) is 12.0. The zero-order valence-corrected chi connectivity index (χ0v) is 12.0. The van der Waals surface area contributed by atoms with Crippen LogP contribution in [0, 0.1) is 0 Å². The molecule has 2 rings (SSSR count). The Morgan fingerprint density at radius 3 is 2.84 bits per heavy atom. The SMILES string of the molecule is CC(C)NC[C@](C)(O)CCc1cccc2[nH]ccc12. The van der Waals surface area contributed by atoms with E-state index in [1.165, 1.54) is 10.9 Å². The predicted octanol–water partition coefficient (Wildman–Crippen LogP) is 2.85. The second-order valence-corrected chi connectivity index (χ2v) is 5.89. The fraction of sp³-hybridized carbons (Fsp3) is 0.500. The first kappa shape index (κ1) is 14.1. The van der Waals surface area contributed by atoms with Crippen molar-refractivity contribution in [1.29, 1.82) is 0 Å². The summed E-state index contributed by atoms with van der Waals surface area (Å²) in [5.74, 6) is 0. The van der Waals surface area contributed by atoms with Crippen molar-refractivity contribution in [3.05, 3.63) is 36.0 Å². The van der Waals surface area contributed by atoms with E-state index in [2.05, 4.69) is 48.4 Å². The first-order chi connectivity index (χ1) is 8.98. The number of benzene rings is 1. The number of aromatic amines is 1. The highest BCUT2D eigenvalue weighted by Gasteiger charge is 2.20. The molecule has 2 aromatic rings. The molecule has 3 N–H and O–H groups in total. The van der Waals surface area contributed by atoms with Crippen LogP contribution in [0.1, 0.15) is 32.8 Å². The zero-order chi connectivity index (χ0) is 13.9. The molecule has 0 saturated carbocycles. The summed E-state index contributed by atoms with van der Waals surface area (Å²) in [5, 5.41) is 14.9. The van der Waals surface area contributed by atoms with Crippen LogP contribution in [0.25, 0.3) is 10.9 Å². The molecule has 1 aromatic carbocycles. The van der Waals surface area contributed by atoms with E-state index in [-0.39, 0.29) is 0 Å². The van der Waals surface area contributed by atoms with E-state index in [0.717, 1.165) is 18.4 Å². The third-order valence-corrected chi connectivity index (χ3v) is 3.51. The van der Waals surface area contributed by atoms with Crippen molar-refractivity contribution in [2.75, 3.05) is 6.54 Å². The van der Waals surface area contributed by atoms with Gasteiger partial charge in [0.1, 0.15) is 0 Å². The molecular weight excluding hydrogens is 236 g/mol. The average molecular weight is 260 g/mol. The van der Waals surface area contributed by atoms with E-state index in [4.69, 9.17) is 0 Å². The Balaban J connectivity index is 2.00. The Morgan fingerprint density at radius 2 is 2.11 bits per heavy atom. The molecule has 19 heavy (non-hydrogen) atoms. The number of hydrogen-bond donors (Lipinski definition) is 3. The van der Waals surface area contributed by atoms with Gasteiger partial charge in [-0.25, -0.2) is 0 Å². The molecule has 0 bridgehead atoms. The minimum absolute atomic E-state index is 0.402. The van der Waals surface area contributed by atoms with Gasteiger partial charge in [-0.2, -0.15) is 0 Å². The minimum atomic E-state index is -0.664. The summed E-state index contributed by atoms with van der Waals surface area (Å²) in [4.78, 5) is 3.22. The molecule has 1 heterocycles. The van der Waals surface area contributed by atoms with Crippen LogP contribution in [0.3, 0.4) is 0 Å². The van der Waals surface area contributed by atoms with Crippen molar-refractivity contribution in [2.24, 2.45) is 0 Å². The number of aromatic nitrogens is 1. The first-order valence-electron chi connectivity index (χ1n) is 6.99. The molecule has 3 nitrogen and oxygen atoms in total. The summed E-state index contributed by atoms with van der Waals surface area (Å²) in [7, 11) is 0. The van der Waals surface area contributed by atoms with Crippen LogP contribution in [0.5, 0.6) is 0 Å². The fourth-order valence-corrected chi connectivity index (χ4v) is 2.28. The lowest BCUT2D eigenvalue weighted by Gasteiger charge is -2.25. The van der Waals surface area contributed by atoms with Gasteiger partial charge in [0.15, 0.2) is 0 Å². The molecule has 0 fully saturated rings. The van der Waals surface area contributed by atoms with Gasteiger partial charge in [0.2, 0.25) is 0 Å². The number of nitrogens with one attached hydrogen (secondary N) is 2. The Bertz CT molecular complexity index is 528. The molecule has 1 aromatic heterocycles. The van der Waals surface area contributed by atoms with E-state index < -0.39 is 5.60 Å². The molecule has 3 heteroatoms. The van der Waals surface area contributed by atoms with E-state index in [0.29, 0.717) is 12.6 Å². The van der Waals surface area contributed by atoms with Crippen LogP contribution in [0.4, 0.5) is 0 Å². The predicted molar refractivity (Wildman–Crippen MR) is 80.4 cm³/mol. The Morgan fingerprint density at radius 1 is 1.32 bits per heavy atom. The van der Waals surface area contributed by atoms with Crippen molar-refractivity contribution < 1.29 is 5.11 Å².